The molecule has 0 aromatic carbocycles. The Kier molecular flexibility index (Phi) is 8.28. The molecule has 0 saturated carbocycles. The number of aromatic nitrogens is 1. The normalized spacial score (nSPS) is 10.9. The number of nitrogens with one attached hydrogen (secondary N) is 1. The van der Waals surface area contributed by atoms with Gasteiger partial charge in [0.2, 0.25) is 0 Å². The highest BCUT2D eigenvalue weighted by molar-refractivity contribution is 7.11. The van der Waals surface area contributed by atoms with Gasteiger partial charge in [-0.15, -0.1) is 11.3 Å². The lowest BCUT2D eigenvalue weighted by atomic mass is 10.1. The minimum Gasteiger partial charge on any atom is -0.319 e. The van der Waals surface area contributed by atoms with Crippen LogP contribution in [0.2, 0.25) is 0 Å². The molecule has 2 nitrogen and oxygen atoms in total. The van der Waals surface area contributed by atoms with E-state index in [0.29, 0.717) is 0 Å². The van der Waals surface area contributed by atoms with Gasteiger partial charge in [-0.1, -0.05) is 39.0 Å². The van der Waals surface area contributed by atoms with Crippen LogP contribution in [0.1, 0.15) is 55.3 Å². The molecule has 98 valence electrons. The third-order valence-electron chi connectivity index (χ3n) is 2.97. The zero-order valence-electron chi connectivity index (χ0n) is 11.3. The van der Waals surface area contributed by atoms with Crippen LogP contribution in [0.25, 0.3) is 0 Å². The van der Waals surface area contributed by atoms with Crippen LogP contribution in [0.5, 0.6) is 0 Å². The molecule has 0 fully saturated rings. The summed E-state index contributed by atoms with van der Waals surface area (Å²) in [7, 11) is 1.99. The molecule has 1 N–H and O–H groups in total. The standard InChI is InChI=1S/C14H26N2S/c1-3-4-5-6-7-8-9-13-12-16-14(17-13)10-11-15-2/h12,15H,3-11H2,1-2H3. The molecule has 0 amide bonds. The van der Waals surface area contributed by atoms with Crippen molar-refractivity contribution in [1.29, 1.82) is 0 Å². The predicted molar refractivity (Wildman–Crippen MR) is 76.8 cm³/mol. The fourth-order valence-electron chi connectivity index (χ4n) is 1.89. The van der Waals surface area contributed by atoms with Crippen LogP contribution < -0.4 is 5.32 Å². The highest BCUT2D eigenvalue weighted by atomic mass is 32.1. The van der Waals surface area contributed by atoms with Crippen molar-refractivity contribution in [1.82, 2.24) is 10.3 Å². The summed E-state index contributed by atoms with van der Waals surface area (Å²) in [6.07, 6.45) is 12.6. The number of hydrogen-bond donors (Lipinski definition) is 1. The molecular formula is C14H26N2S. The Labute approximate surface area is 110 Å². The summed E-state index contributed by atoms with van der Waals surface area (Å²) in [5, 5.41) is 4.44. The Bertz CT molecular complexity index is 284. The molecule has 1 heterocycles. The third kappa shape index (κ3) is 6.79. The van der Waals surface area contributed by atoms with Crippen LogP contribution in [0, 0.1) is 0 Å². The Morgan fingerprint density at radius 2 is 1.88 bits per heavy atom. The highest BCUT2D eigenvalue weighted by Crippen LogP contribution is 2.16. The monoisotopic (exact) mass is 254 g/mol. The van der Waals surface area contributed by atoms with Crippen LogP contribution in [0.15, 0.2) is 6.20 Å². The van der Waals surface area contributed by atoms with Gasteiger partial charge in [0.15, 0.2) is 0 Å². The van der Waals surface area contributed by atoms with Gasteiger partial charge in [-0.3, -0.25) is 0 Å². The maximum absolute atomic E-state index is 4.46. The molecule has 0 aliphatic rings. The second-order valence-corrected chi connectivity index (χ2v) is 5.79. The van der Waals surface area contributed by atoms with Crippen LogP contribution in [-0.4, -0.2) is 18.6 Å². The van der Waals surface area contributed by atoms with Gasteiger partial charge in [0.05, 0.1) is 5.01 Å². The predicted octanol–water partition coefficient (Wildman–Crippen LogP) is 3.81. The summed E-state index contributed by atoms with van der Waals surface area (Å²) in [6, 6.07) is 0. The molecule has 0 aliphatic heterocycles. The third-order valence-corrected chi connectivity index (χ3v) is 4.08. The molecule has 17 heavy (non-hydrogen) atoms. The van der Waals surface area contributed by atoms with Gasteiger partial charge in [0.1, 0.15) is 0 Å². The quantitative estimate of drug-likeness (QED) is 0.642. The van der Waals surface area contributed by atoms with Gasteiger partial charge >= 0.3 is 0 Å². The van der Waals surface area contributed by atoms with E-state index < -0.39 is 0 Å². The van der Waals surface area contributed by atoms with Crippen molar-refractivity contribution in [3.05, 3.63) is 16.1 Å². The zero-order chi connectivity index (χ0) is 12.3. The zero-order valence-corrected chi connectivity index (χ0v) is 12.1. The van der Waals surface area contributed by atoms with E-state index in [1.54, 1.807) is 0 Å². The Morgan fingerprint density at radius 1 is 1.12 bits per heavy atom. The van der Waals surface area contributed by atoms with E-state index in [1.165, 1.54) is 54.8 Å². The molecule has 0 atom stereocenters. The summed E-state index contributed by atoms with van der Waals surface area (Å²) in [5.41, 5.74) is 0. The first-order chi connectivity index (χ1) is 8.36. The molecule has 0 saturated heterocycles. The average Bonchev–Trinajstić information content (AvgIpc) is 2.79. The smallest absolute Gasteiger partial charge is 0.0940 e. The van der Waals surface area contributed by atoms with E-state index in [0.717, 1.165) is 13.0 Å². The van der Waals surface area contributed by atoms with E-state index in [4.69, 9.17) is 0 Å². The van der Waals surface area contributed by atoms with Crippen molar-refractivity contribution in [2.75, 3.05) is 13.6 Å². The van der Waals surface area contributed by atoms with Gasteiger partial charge < -0.3 is 5.32 Å². The largest absolute Gasteiger partial charge is 0.319 e. The molecule has 0 spiro atoms. The fourth-order valence-corrected chi connectivity index (χ4v) is 2.85. The Morgan fingerprint density at radius 3 is 2.65 bits per heavy atom. The Hall–Kier alpha value is -0.410. The Balaban J connectivity index is 2.08. The SMILES string of the molecule is CCCCCCCCc1cnc(CCNC)s1. The first-order valence-corrected chi connectivity index (χ1v) is 7.76. The van der Waals surface area contributed by atoms with Crippen molar-refractivity contribution < 1.29 is 0 Å². The summed E-state index contributed by atoms with van der Waals surface area (Å²) in [5.74, 6) is 0. The molecule has 1 rings (SSSR count). The van der Waals surface area contributed by atoms with Crippen LogP contribution in [0.4, 0.5) is 0 Å². The lowest BCUT2D eigenvalue weighted by Crippen LogP contribution is -2.09. The van der Waals surface area contributed by atoms with Gasteiger partial charge in [0, 0.05) is 24.0 Å². The van der Waals surface area contributed by atoms with E-state index in [-0.39, 0.29) is 0 Å². The van der Waals surface area contributed by atoms with Crippen LogP contribution in [-0.2, 0) is 12.8 Å². The minimum absolute atomic E-state index is 1.03. The number of nitrogens with zero attached hydrogens (tertiary/aromatic N) is 1. The number of aryl methyl sites for hydroxylation is 1. The maximum Gasteiger partial charge on any atom is 0.0940 e. The molecule has 1 aromatic heterocycles. The average molecular weight is 254 g/mol. The van der Waals surface area contributed by atoms with Gasteiger partial charge in [-0.2, -0.15) is 0 Å². The van der Waals surface area contributed by atoms with E-state index in [1.807, 2.05) is 18.4 Å². The minimum atomic E-state index is 1.03. The molecule has 1 aromatic rings. The first kappa shape index (κ1) is 14.7. The molecule has 0 aliphatic carbocycles. The second-order valence-electron chi connectivity index (χ2n) is 4.59. The van der Waals surface area contributed by atoms with Crippen molar-refractivity contribution in [3.8, 4) is 0 Å². The van der Waals surface area contributed by atoms with Crippen molar-refractivity contribution in [2.45, 2.75) is 58.3 Å². The highest BCUT2D eigenvalue weighted by Gasteiger charge is 2.01. The summed E-state index contributed by atoms with van der Waals surface area (Å²) >= 11 is 1.89. The summed E-state index contributed by atoms with van der Waals surface area (Å²) < 4.78 is 0. The van der Waals surface area contributed by atoms with E-state index >= 15 is 0 Å². The first-order valence-electron chi connectivity index (χ1n) is 6.95. The lowest BCUT2D eigenvalue weighted by Gasteiger charge is -1.98. The van der Waals surface area contributed by atoms with E-state index in [9.17, 15) is 0 Å². The number of rotatable bonds is 10. The van der Waals surface area contributed by atoms with Crippen LogP contribution in [0.3, 0.4) is 0 Å². The van der Waals surface area contributed by atoms with Crippen molar-refractivity contribution >= 4 is 11.3 Å². The summed E-state index contributed by atoms with van der Waals surface area (Å²) in [4.78, 5) is 5.92. The van der Waals surface area contributed by atoms with Crippen molar-refractivity contribution in [3.63, 3.8) is 0 Å². The van der Waals surface area contributed by atoms with Gasteiger partial charge in [-0.05, 0) is 19.9 Å². The molecule has 0 radical (unpaired) electrons. The van der Waals surface area contributed by atoms with Gasteiger partial charge in [0.25, 0.3) is 0 Å². The maximum atomic E-state index is 4.46. The molecule has 3 heteroatoms. The number of likely N-dealkylation sites (N-methyl/N-ethyl adjacent to an activating group) is 1. The molecule has 0 unspecified atom stereocenters. The molecular weight excluding hydrogens is 228 g/mol. The topological polar surface area (TPSA) is 24.9 Å². The number of hydrogen-bond acceptors (Lipinski definition) is 3. The lowest BCUT2D eigenvalue weighted by molar-refractivity contribution is 0.609. The number of unbranched alkanes of at least 4 members (excludes halogenated alkanes) is 5. The summed E-state index contributed by atoms with van der Waals surface area (Å²) in [6.45, 7) is 3.30. The van der Waals surface area contributed by atoms with Crippen LogP contribution >= 0.6 is 11.3 Å². The second kappa shape index (κ2) is 9.60. The van der Waals surface area contributed by atoms with E-state index in [2.05, 4.69) is 23.4 Å². The van der Waals surface area contributed by atoms with Crippen molar-refractivity contribution in [2.24, 2.45) is 0 Å². The number of thiazole rings is 1. The fraction of sp³-hybridized carbons (Fsp3) is 0.786. The van der Waals surface area contributed by atoms with Gasteiger partial charge in [-0.25, -0.2) is 4.98 Å². The molecule has 0 bridgehead atoms.